The van der Waals surface area contributed by atoms with E-state index in [1.807, 2.05) is 32.9 Å². The Balaban J connectivity index is 1.50. The number of fused-ring (bicyclic) bond motifs is 1. The zero-order valence-electron chi connectivity index (χ0n) is 18.9. The molecule has 1 aliphatic carbocycles. The molecule has 33 heavy (non-hydrogen) atoms. The van der Waals surface area contributed by atoms with Crippen LogP contribution in [0.4, 0.5) is 13.2 Å². The SMILES string of the molecule is Cc1cc([C@H]2C[C@@H](c3nc4nc(C)c(C)nc4c([C@H]4C[C@H](C(F)(F)F)C4)n3)CCO2)ccn1. The number of hydrogen-bond donors (Lipinski definition) is 0. The van der Waals surface area contributed by atoms with Gasteiger partial charge < -0.3 is 4.74 Å². The molecule has 0 spiro atoms. The van der Waals surface area contributed by atoms with Crippen molar-refractivity contribution >= 4 is 11.2 Å². The van der Waals surface area contributed by atoms with Crippen molar-refractivity contribution in [2.24, 2.45) is 5.92 Å². The van der Waals surface area contributed by atoms with Gasteiger partial charge in [-0.3, -0.25) is 4.98 Å². The number of halogens is 3. The maximum absolute atomic E-state index is 13.1. The smallest absolute Gasteiger partial charge is 0.373 e. The molecule has 0 unspecified atom stereocenters. The third kappa shape index (κ3) is 4.30. The first-order chi connectivity index (χ1) is 15.7. The lowest BCUT2D eigenvalue weighted by Crippen LogP contribution is -2.35. The second-order valence-electron chi connectivity index (χ2n) is 9.25. The summed E-state index contributed by atoms with van der Waals surface area (Å²) in [5, 5.41) is 0. The second kappa shape index (κ2) is 8.27. The lowest BCUT2D eigenvalue weighted by molar-refractivity contribution is -0.197. The van der Waals surface area contributed by atoms with Gasteiger partial charge in [0.05, 0.1) is 29.1 Å². The van der Waals surface area contributed by atoms with E-state index in [0.29, 0.717) is 35.7 Å². The van der Waals surface area contributed by atoms with Crippen LogP contribution in [-0.4, -0.2) is 37.7 Å². The van der Waals surface area contributed by atoms with Gasteiger partial charge in [0.2, 0.25) is 0 Å². The maximum atomic E-state index is 13.1. The number of aromatic nitrogens is 5. The topological polar surface area (TPSA) is 73.7 Å². The molecule has 2 aliphatic rings. The number of pyridine rings is 1. The first-order valence-electron chi connectivity index (χ1n) is 11.3. The highest BCUT2D eigenvalue weighted by Crippen LogP contribution is 2.50. The Bertz CT molecular complexity index is 1190. The fourth-order valence-electron chi connectivity index (χ4n) is 4.76. The molecule has 2 fully saturated rings. The predicted molar refractivity (Wildman–Crippen MR) is 116 cm³/mol. The van der Waals surface area contributed by atoms with Gasteiger partial charge >= 0.3 is 6.18 Å². The van der Waals surface area contributed by atoms with E-state index in [4.69, 9.17) is 14.7 Å². The van der Waals surface area contributed by atoms with Gasteiger partial charge in [0, 0.05) is 30.3 Å². The Morgan fingerprint density at radius 1 is 0.939 bits per heavy atom. The van der Waals surface area contributed by atoms with E-state index in [1.54, 1.807) is 6.20 Å². The number of rotatable bonds is 3. The third-order valence-corrected chi connectivity index (χ3v) is 6.92. The lowest BCUT2D eigenvalue weighted by atomic mass is 9.72. The minimum Gasteiger partial charge on any atom is -0.373 e. The molecular weight excluding hydrogens is 431 g/mol. The molecule has 5 rings (SSSR count). The molecule has 1 aliphatic heterocycles. The van der Waals surface area contributed by atoms with Crippen molar-refractivity contribution in [3.8, 4) is 0 Å². The number of nitrogens with zero attached hydrogens (tertiary/aromatic N) is 5. The highest BCUT2D eigenvalue weighted by molar-refractivity contribution is 5.73. The summed E-state index contributed by atoms with van der Waals surface area (Å²) in [5.74, 6) is -0.902. The normalized spacial score (nSPS) is 25.8. The summed E-state index contributed by atoms with van der Waals surface area (Å²) in [7, 11) is 0. The molecule has 3 aromatic heterocycles. The fourth-order valence-corrected chi connectivity index (χ4v) is 4.76. The summed E-state index contributed by atoms with van der Waals surface area (Å²) in [6, 6.07) is 3.97. The number of aryl methyl sites for hydroxylation is 3. The van der Waals surface area contributed by atoms with Crippen molar-refractivity contribution < 1.29 is 17.9 Å². The van der Waals surface area contributed by atoms with Gasteiger partial charge in [0.25, 0.3) is 0 Å². The molecule has 0 N–H and O–H groups in total. The van der Waals surface area contributed by atoms with Gasteiger partial charge in [0.1, 0.15) is 11.3 Å². The van der Waals surface area contributed by atoms with Crippen LogP contribution in [0.1, 0.15) is 77.8 Å². The minimum absolute atomic E-state index is 0.0299. The molecule has 1 saturated heterocycles. The van der Waals surface area contributed by atoms with Crippen LogP contribution in [0.2, 0.25) is 0 Å². The average Bonchev–Trinajstić information content (AvgIpc) is 2.73. The number of alkyl halides is 3. The largest absolute Gasteiger partial charge is 0.391 e. The lowest BCUT2D eigenvalue weighted by Gasteiger charge is -2.36. The molecule has 1 saturated carbocycles. The molecule has 0 aromatic carbocycles. The highest BCUT2D eigenvalue weighted by atomic mass is 19.4. The first kappa shape index (κ1) is 22.1. The zero-order valence-corrected chi connectivity index (χ0v) is 18.9. The Hall–Kier alpha value is -2.68. The zero-order chi connectivity index (χ0) is 23.3. The molecule has 0 radical (unpaired) electrons. The van der Waals surface area contributed by atoms with Crippen molar-refractivity contribution in [3.05, 3.63) is 52.5 Å². The standard InChI is InChI=1S/C24H26F3N5O/c1-12-8-15(4-6-28-12)19-11-16(5-7-33-19)22-31-20(17-9-18(10-17)24(25,26)27)21-23(32-22)30-14(3)13(2)29-21/h4,6,8,16-19H,5,7,9-11H2,1-3H3/t16-,17-,18-,19+/m0/s1. The first-order valence-corrected chi connectivity index (χ1v) is 11.3. The Morgan fingerprint density at radius 2 is 1.70 bits per heavy atom. The van der Waals surface area contributed by atoms with Gasteiger partial charge in [0.15, 0.2) is 5.65 Å². The molecule has 0 amide bonds. The summed E-state index contributed by atoms with van der Waals surface area (Å²) in [6.45, 7) is 6.21. The summed E-state index contributed by atoms with van der Waals surface area (Å²) >= 11 is 0. The predicted octanol–water partition coefficient (Wildman–Crippen LogP) is 5.43. The molecule has 2 atom stereocenters. The van der Waals surface area contributed by atoms with Crippen LogP contribution >= 0.6 is 0 Å². The van der Waals surface area contributed by atoms with E-state index in [0.717, 1.165) is 29.1 Å². The van der Waals surface area contributed by atoms with E-state index in [2.05, 4.69) is 15.0 Å². The number of ether oxygens (including phenoxy) is 1. The van der Waals surface area contributed by atoms with Crippen LogP contribution in [0.3, 0.4) is 0 Å². The molecule has 6 nitrogen and oxygen atoms in total. The van der Waals surface area contributed by atoms with Crippen molar-refractivity contribution in [2.75, 3.05) is 6.61 Å². The summed E-state index contributed by atoms with van der Waals surface area (Å²) in [6.07, 6.45) is -0.972. The highest BCUT2D eigenvalue weighted by Gasteiger charge is 2.49. The van der Waals surface area contributed by atoms with Crippen LogP contribution in [-0.2, 0) is 4.74 Å². The molecular formula is C24H26F3N5O. The van der Waals surface area contributed by atoms with Gasteiger partial charge in [-0.05, 0) is 64.2 Å². The van der Waals surface area contributed by atoms with Crippen LogP contribution in [0.15, 0.2) is 18.3 Å². The number of hydrogen-bond acceptors (Lipinski definition) is 6. The quantitative estimate of drug-likeness (QED) is 0.522. The second-order valence-corrected chi connectivity index (χ2v) is 9.25. The summed E-state index contributed by atoms with van der Waals surface area (Å²) in [5.41, 5.74) is 5.09. The third-order valence-electron chi connectivity index (χ3n) is 6.92. The van der Waals surface area contributed by atoms with Crippen LogP contribution in [0, 0.1) is 26.7 Å². The van der Waals surface area contributed by atoms with E-state index in [9.17, 15) is 13.2 Å². The van der Waals surface area contributed by atoms with Crippen LogP contribution < -0.4 is 0 Å². The molecule has 0 bridgehead atoms. The van der Waals surface area contributed by atoms with Crippen LogP contribution in [0.25, 0.3) is 11.2 Å². The van der Waals surface area contributed by atoms with Gasteiger partial charge in [-0.1, -0.05) is 0 Å². The van der Waals surface area contributed by atoms with Crippen molar-refractivity contribution in [3.63, 3.8) is 0 Å². The van der Waals surface area contributed by atoms with E-state index >= 15 is 0 Å². The maximum Gasteiger partial charge on any atom is 0.391 e. The molecule has 4 heterocycles. The van der Waals surface area contributed by atoms with Gasteiger partial charge in [-0.2, -0.15) is 13.2 Å². The van der Waals surface area contributed by atoms with Crippen molar-refractivity contribution in [2.45, 2.75) is 70.6 Å². The van der Waals surface area contributed by atoms with E-state index in [-0.39, 0.29) is 30.8 Å². The van der Waals surface area contributed by atoms with Gasteiger partial charge in [-0.15, -0.1) is 0 Å². The summed E-state index contributed by atoms with van der Waals surface area (Å²) in [4.78, 5) is 23.1. The Kier molecular flexibility index (Phi) is 5.55. The monoisotopic (exact) mass is 457 g/mol. The van der Waals surface area contributed by atoms with Crippen molar-refractivity contribution in [1.29, 1.82) is 0 Å². The van der Waals surface area contributed by atoms with Crippen molar-refractivity contribution in [1.82, 2.24) is 24.9 Å². The Labute approximate surface area is 190 Å². The fraction of sp³-hybridized carbons (Fsp3) is 0.542. The minimum atomic E-state index is -4.17. The molecule has 3 aromatic rings. The summed E-state index contributed by atoms with van der Waals surface area (Å²) < 4.78 is 45.5. The average molecular weight is 458 g/mol. The Morgan fingerprint density at radius 3 is 2.42 bits per heavy atom. The van der Waals surface area contributed by atoms with E-state index in [1.165, 1.54) is 0 Å². The molecule has 174 valence electrons. The van der Waals surface area contributed by atoms with Crippen LogP contribution in [0.5, 0.6) is 0 Å². The van der Waals surface area contributed by atoms with E-state index < -0.39 is 12.1 Å². The van der Waals surface area contributed by atoms with Gasteiger partial charge in [-0.25, -0.2) is 19.9 Å². The molecule has 9 heteroatoms.